The van der Waals surface area contributed by atoms with Crippen molar-refractivity contribution in [2.24, 2.45) is 0 Å². The summed E-state index contributed by atoms with van der Waals surface area (Å²) in [7, 11) is 0. The average molecular weight is 304 g/mol. The third-order valence-electron chi connectivity index (χ3n) is 3.80. The maximum atomic E-state index is 5.54. The number of furan rings is 1. The Bertz CT molecular complexity index is 909. The molecule has 0 bridgehead atoms. The SMILES string of the molecule is c1ccc(-c2cc(CNCc3cccc4ccoc34)no2)cc1. The number of hydrogen-bond acceptors (Lipinski definition) is 4. The Hall–Kier alpha value is -2.85. The number of hydrogen-bond donors (Lipinski definition) is 1. The first-order valence-electron chi connectivity index (χ1n) is 7.57. The van der Waals surface area contributed by atoms with Crippen LogP contribution in [0.15, 0.2) is 75.9 Å². The molecule has 0 aliphatic carbocycles. The summed E-state index contributed by atoms with van der Waals surface area (Å²) in [6, 6.07) is 20.1. The first-order valence-corrected chi connectivity index (χ1v) is 7.57. The molecule has 0 radical (unpaired) electrons. The second-order valence-electron chi connectivity index (χ2n) is 5.41. The van der Waals surface area contributed by atoms with E-state index in [0.717, 1.165) is 40.1 Å². The number of para-hydroxylation sites is 1. The lowest BCUT2D eigenvalue weighted by atomic mass is 10.1. The van der Waals surface area contributed by atoms with E-state index in [1.807, 2.05) is 54.6 Å². The van der Waals surface area contributed by atoms with Crippen LogP contribution in [-0.2, 0) is 13.1 Å². The van der Waals surface area contributed by atoms with E-state index in [1.165, 1.54) is 0 Å². The van der Waals surface area contributed by atoms with Gasteiger partial charge in [-0.05, 0) is 6.07 Å². The molecule has 0 aliphatic rings. The van der Waals surface area contributed by atoms with E-state index in [4.69, 9.17) is 8.94 Å². The molecule has 0 saturated heterocycles. The van der Waals surface area contributed by atoms with Gasteiger partial charge < -0.3 is 14.3 Å². The van der Waals surface area contributed by atoms with Crippen LogP contribution in [0.4, 0.5) is 0 Å². The first kappa shape index (κ1) is 13.8. The third kappa shape index (κ3) is 2.89. The number of rotatable bonds is 5. The van der Waals surface area contributed by atoms with Crippen LogP contribution in [0.25, 0.3) is 22.3 Å². The summed E-state index contributed by atoms with van der Waals surface area (Å²) in [6.45, 7) is 1.37. The quantitative estimate of drug-likeness (QED) is 0.594. The fraction of sp³-hybridized carbons (Fsp3) is 0.105. The second kappa shape index (κ2) is 6.10. The highest BCUT2D eigenvalue weighted by molar-refractivity contribution is 5.80. The Morgan fingerprint density at radius 2 is 1.83 bits per heavy atom. The predicted octanol–water partition coefficient (Wildman–Crippen LogP) is 4.38. The lowest BCUT2D eigenvalue weighted by Gasteiger charge is -2.03. The molecule has 0 spiro atoms. The molecule has 1 N–H and O–H groups in total. The Kier molecular flexibility index (Phi) is 3.66. The fourth-order valence-corrected chi connectivity index (χ4v) is 2.65. The minimum atomic E-state index is 0.646. The van der Waals surface area contributed by atoms with Crippen molar-refractivity contribution >= 4 is 11.0 Å². The van der Waals surface area contributed by atoms with Gasteiger partial charge in [-0.1, -0.05) is 53.7 Å². The van der Waals surface area contributed by atoms with Gasteiger partial charge in [-0.25, -0.2) is 0 Å². The topological polar surface area (TPSA) is 51.2 Å². The van der Waals surface area contributed by atoms with Crippen LogP contribution in [0.3, 0.4) is 0 Å². The standard InChI is InChI=1S/C19H16N2O2/c1-2-5-14(6-3-1)18-11-17(21-23-18)13-20-12-16-8-4-7-15-9-10-22-19(15)16/h1-11,20H,12-13H2. The van der Waals surface area contributed by atoms with Crippen LogP contribution < -0.4 is 5.32 Å². The fourth-order valence-electron chi connectivity index (χ4n) is 2.65. The molecule has 0 fully saturated rings. The van der Waals surface area contributed by atoms with E-state index in [0.29, 0.717) is 6.54 Å². The molecule has 4 heteroatoms. The van der Waals surface area contributed by atoms with Crippen molar-refractivity contribution in [1.82, 2.24) is 10.5 Å². The van der Waals surface area contributed by atoms with E-state index in [2.05, 4.69) is 16.5 Å². The summed E-state index contributed by atoms with van der Waals surface area (Å²) in [5.41, 5.74) is 3.99. The zero-order valence-electron chi connectivity index (χ0n) is 12.5. The molecule has 0 atom stereocenters. The summed E-state index contributed by atoms with van der Waals surface area (Å²) in [6.07, 6.45) is 1.72. The van der Waals surface area contributed by atoms with Crippen molar-refractivity contribution in [3.05, 3.63) is 78.2 Å². The van der Waals surface area contributed by atoms with Crippen LogP contribution >= 0.6 is 0 Å². The normalized spacial score (nSPS) is 11.1. The van der Waals surface area contributed by atoms with E-state index in [9.17, 15) is 0 Å². The van der Waals surface area contributed by atoms with Crippen LogP contribution in [-0.4, -0.2) is 5.16 Å². The Morgan fingerprint density at radius 1 is 0.913 bits per heavy atom. The molecule has 4 aromatic rings. The molecule has 0 unspecified atom stereocenters. The number of benzene rings is 2. The lowest BCUT2D eigenvalue weighted by molar-refractivity contribution is 0.420. The van der Waals surface area contributed by atoms with Gasteiger partial charge in [0.05, 0.1) is 12.0 Å². The summed E-state index contributed by atoms with van der Waals surface area (Å²) in [5, 5.41) is 8.62. The van der Waals surface area contributed by atoms with Crippen molar-refractivity contribution in [2.75, 3.05) is 0 Å². The largest absolute Gasteiger partial charge is 0.464 e. The zero-order chi connectivity index (χ0) is 15.5. The van der Waals surface area contributed by atoms with Crippen LogP contribution in [0, 0.1) is 0 Å². The van der Waals surface area contributed by atoms with Crippen molar-refractivity contribution < 1.29 is 8.94 Å². The molecular weight excluding hydrogens is 288 g/mol. The molecule has 2 aromatic carbocycles. The molecular formula is C19H16N2O2. The lowest BCUT2D eigenvalue weighted by Crippen LogP contribution is -2.12. The second-order valence-corrected chi connectivity index (χ2v) is 5.41. The third-order valence-corrected chi connectivity index (χ3v) is 3.80. The van der Waals surface area contributed by atoms with Gasteiger partial charge in [-0.2, -0.15) is 0 Å². The maximum Gasteiger partial charge on any atom is 0.167 e. The number of aromatic nitrogens is 1. The first-order chi connectivity index (χ1) is 11.4. The molecule has 23 heavy (non-hydrogen) atoms. The van der Waals surface area contributed by atoms with Gasteiger partial charge in [-0.3, -0.25) is 0 Å². The van der Waals surface area contributed by atoms with Gasteiger partial charge in [0.1, 0.15) is 5.58 Å². The number of nitrogens with zero attached hydrogens (tertiary/aromatic N) is 1. The van der Waals surface area contributed by atoms with Crippen LogP contribution in [0.1, 0.15) is 11.3 Å². The van der Waals surface area contributed by atoms with Crippen molar-refractivity contribution in [3.63, 3.8) is 0 Å². The van der Waals surface area contributed by atoms with Crippen LogP contribution in [0.2, 0.25) is 0 Å². The number of nitrogens with one attached hydrogen (secondary N) is 1. The summed E-state index contributed by atoms with van der Waals surface area (Å²) >= 11 is 0. The summed E-state index contributed by atoms with van der Waals surface area (Å²) in [4.78, 5) is 0. The van der Waals surface area contributed by atoms with Gasteiger partial charge in [0.25, 0.3) is 0 Å². The highest BCUT2D eigenvalue weighted by atomic mass is 16.5. The molecule has 0 amide bonds. The van der Waals surface area contributed by atoms with Crippen molar-refractivity contribution in [3.8, 4) is 11.3 Å². The van der Waals surface area contributed by atoms with E-state index < -0.39 is 0 Å². The highest BCUT2D eigenvalue weighted by Gasteiger charge is 2.07. The minimum absolute atomic E-state index is 0.646. The highest BCUT2D eigenvalue weighted by Crippen LogP contribution is 2.21. The Labute approximate surface area is 133 Å². The Morgan fingerprint density at radius 3 is 2.74 bits per heavy atom. The number of fused-ring (bicyclic) bond motifs is 1. The minimum Gasteiger partial charge on any atom is -0.464 e. The van der Waals surface area contributed by atoms with Crippen molar-refractivity contribution in [2.45, 2.75) is 13.1 Å². The maximum absolute atomic E-state index is 5.54. The van der Waals surface area contributed by atoms with Gasteiger partial charge in [-0.15, -0.1) is 0 Å². The summed E-state index contributed by atoms with van der Waals surface area (Å²) in [5.74, 6) is 0.788. The molecule has 2 aromatic heterocycles. The predicted molar refractivity (Wildman–Crippen MR) is 88.7 cm³/mol. The smallest absolute Gasteiger partial charge is 0.167 e. The Balaban J connectivity index is 1.42. The molecule has 114 valence electrons. The molecule has 4 nitrogen and oxygen atoms in total. The zero-order valence-corrected chi connectivity index (χ0v) is 12.5. The summed E-state index contributed by atoms with van der Waals surface area (Å²) < 4.78 is 10.9. The average Bonchev–Trinajstić information content (AvgIpc) is 3.25. The van der Waals surface area contributed by atoms with Crippen LogP contribution in [0.5, 0.6) is 0 Å². The van der Waals surface area contributed by atoms with E-state index in [1.54, 1.807) is 6.26 Å². The molecule has 4 rings (SSSR count). The van der Waals surface area contributed by atoms with E-state index in [-0.39, 0.29) is 0 Å². The molecule has 0 saturated carbocycles. The monoisotopic (exact) mass is 304 g/mol. The van der Waals surface area contributed by atoms with E-state index >= 15 is 0 Å². The van der Waals surface area contributed by atoms with Gasteiger partial charge in [0, 0.05) is 35.7 Å². The van der Waals surface area contributed by atoms with Gasteiger partial charge in [0.15, 0.2) is 5.76 Å². The van der Waals surface area contributed by atoms with Crippen molar-refractivity contribution in [1.29, 1.82) is 0 Å². The van der Waals surface area contributed by atoms with Gasteiger partial charge >= 0.3 is 0 Å². The van der Waals surface area contributed by atoms with Gasteiger partial charge in [0.2, 0.25) is 0 Å². The molecule has 0 aliphatic heterocycles. The molecule has 2 heterocycles.